The van der Waals surface area contributed by atoms with Crippen molar-refractivity contribution in [1.29, 1.82) is 0 Å². The van der Waals surface area contributed by atoms with Crippen molar-refractivity contribution < 1.29 is 13.9 Å². The molecule has 1 aromatic heterocycles. The van der Waals surface area contributed by atoms with Crippen molar-refractivity contribution in [3.05, 3.63) is 29.8 Å². The molecular formula is C9H10FNO2. The molecule has 70 valence electrons. The molecule has 0 aliphatic heterocycles. The number of pyridine rings is 1. The van der Waals surface area contributed by atoms with Crippen LogP contribution in [0.3, 0.4) is 0 Å². The third-order valence-electron chi connectivity index (χ3n) is 1.58. The highest BCUT2D eigenvalue weighted by Gasteiger charge is 2.01. The van der Waals surface area contributed by atoms with Crippen LogP contribution in [0, 0.1) is 5.82 Å². The lowest BCUT2D eigenvalue weighted by Crippen LogP contribution is -1.98. The van der Waals surface area contributed by atoms with Crippen LogP contribution in [0.5, 0.6) is 0 Å². The van der Waals surface area contributed by atoms with Gasteiger partial charge in [-0.25, -0.2) is 4.39 Å². The molecule has 0 spiro atoms. The number of aryl methyl sites for hydroxylation is 1. The Bertz CT molecular complexity index is 278. The highest BCUT2D eigenvalue weighted by molar-refractivity contribution is 5.36. The molecule has 0 fully saturated rings. The summed E-state index contributed by atoms with van der Waals surface area (Å²) >= 11 is 0. The van der Waals surface area contributed by atoms with Crippen molar-refractivity contribution in [2.75, 3.05) is 6.61 Å². The molecule has 13 heavy (non-hydrogen) atoms. The molecule has 3 nitrogen and oxygen atoms in total. The fraction of sp³-hybridized carbons (Fsp3) is 0.333. The minimum absolute atomic E-state index is 0.305. The zero-order valence-corrected chi connectivity index (χ0v) is 7.07. The molecule has 4 heteroatoms. The van der Waals surface area contributed by atoms with Gasteiger partial charge in [-0.05, 0) is 25.0 Å². The maximum atomic E-state index is 12.9. The van der Waals surface area contributed by atoms with Gasteiger partial charge in [-0.15, -0.1) is 0 Å². The summed E-state index contributed by atoms with van der Waals surface area (Å²) in [6.07, 6.45) is 2.62. The molecule has 1 rings (SSSR count). The second-order valence-corrected chi connectivity index (χ2v) is 2.50. The van der Waals surface area contributed by atoms with Crippen LogP contribution in [0.15, 0.2) is 18.3 Å². The number of halogens is 1. The standard InChI is InChI=1S/C9H10FNO2/c10-8-3-1-5-11-9(8)4-2-6-13-7-12/h1,3,5,7H,2,4,6H2. The molecule has 0 aliphatic rings. The molecule has 0 N–H and O–H groups in total. The average Bonchev–Trinajstić information content (AvgIpc) is 2.15. The highest BCUT2D eigenvalue weighted by atomic mass is 19.1. The van der Waals surface area contributed by atoms with E-state index in [1.54, 1.807) is 12.3 Å². The Labute approximate surface area is 75.6 Å². The lowest BCUT2D eigenvalue weighted by molar-refractivity contribution is -0.128. The maximum Gasteiger partial charge on any atom is 0.293 e. The normalized spacial score (nSPS) is 9.62. The Balaban J connectivity index is 2.36. The van der Waals surface area contributed by atoms with Crippen LogP contribution in [-0.2, 0) is 16.0 Å². The molecule has 0 aromatic carbocycles. The first-order chi connectivity index (χ1) is 6.34. The van der Waals surface area contributed by atoms with Crippen molar-refractivity contribution in [3.63, 3.8) is 0 Å². The van der Waals surface area contributed by atoms with E-state index in [1.165, 1.54) is 6.07 Å². The third kappa shape index (κ3) is 3.19. The van der Waals surface area contributed by atoms with E-state index in [4.69, 9.17) is 0 Å². The number of rotatable bonds is 5. The van der Waals surface area contributed by atoms with Crippen molar-refractivity contribution in [2.45, 2.75) is 12.8 Å². The largest absolute Gasteiger partial charge is 0.468 e. The minimum atomic E-state index is -0.311. The van der Waals surface area contributed by atoms with Gasteiger partial charge in [0.2, 0.25) is 0 Å². The Morgan fingerprint density at radius 1 is 1.62 bits per heavy atom. The molecular weight excluding hydrogens is 173 g/mol. The van der Waals surface area contributed by atoms with Crippen molar-refractivity contribution >= 4 is 6.47 Å². The van der Waals surface area contributed by atoms with Gasteiger partial charge in [0.1, 0.15) is 5.82 Å². The Morgan fingerprint density at radius 2 is 2.46 bits per heavy atom. The summed E-state index contributed by atoms with van der Waals surface area (Å²) in [6, 6.07) is 2.91. The van der Waals surface area contributed by atoms with Crippen molar-refractivity contribution in [1.82, 2.24) is 4.98 Å². The lowest BCUT2D eigenvalue weighted by Gasteiger charge is -2.00. The quantitative estimate of drug-likeness (QED) is 0.510. The molecule has 1 aromatic rings. The summed E-state index contributed by atoms with van der Waals surface area (Å²) in [4.78, 5) is 13.6. The first kappa shape index (κ1) is 9.64. The minimum Gasteiger partial charge on any atom is -0.468 e. The Morgan fingerprint density at radius 3 is 3.15 bits per heavy atom. The second kappa shape index (κ2) is 5.24. The highest BCUT2D eigenvalue weighted by Crippen LogP contribution is 2.04. The number of nitrogens with zero attached hydrogens (tertiary/aromatic N) is 1. The van der Waals surface area contributed by atoms with Gasteiger partial charge >= 0.3 is 0 Å². The molecule has 0 saturated carbocycles. The van der Waals surface area contributed by atoms with Crippen LogP contribution in [0.4, 0.5) is 4.39 Å². The predicted molar refractivity (Wildman–Crippen MR) is 44.5 cm³/mol. The summed E-state index contributed by atoms with van der Waals surface area (Å²) in [7, 11) is 0. The van der Waals surface area contributed by atoms with Gasteiger partial charge in [0.05, 0.1) is 12.3 Å². The van der Waals surface area contributed by atoms with Gasteiger partial charge < -0.3 is 4.74 Å². The van der Waals surface area contributed by atoms with E-state index in [2.05, 4.69) is 9.72 Å². The van der Waals surface area contributed by atoms with Gasteiger partial charge in [0.25, 0.3) is 6.47 Å². The van der Waals surface area contributed by atoms with E-state index in [-0.39, 0.29) is 5.82 Å². The first-order valence-corrected chi connectivity index (χ1v) is 3.99. The summed E-state index contributed by atoms with van der Waals surface area (Å²) < 4.78 is 17.4. The van der Waals surface area contributed by atoms with E-state index in [1.807, 2.05) is 0 Å². The molecule has 0 saturated heterocycles. The van der Waals surface area contributed by atoms with Gasteiger partial charge in [-0.1, -0.05) is 0 Å². The van der Waals surface area contributed by atoms with Crippen molar-refractivity contribution in [2.24, 2.45) is 0 Å². The number of hydrogen-bond donors (Lipinski definition) is 0. The molecule has 0 aliphatic carbocycles. The van der Waals surface area contributed by atoms with Gasteiger partial charge in [0.15, 0.2) is 0 Å². The zero-order chi connectivity index (χ0) is 9.52. The van der Waals surface area contributed by atoms with Crippen LogP contribution in [0.2, 0.25) is 0 Å². The zero-order valence-electron chi connectivity index (χ0n) is 7.07. The molecule has 1 heterocycles. The van der Waals surface area contributed by atoms with E-state index < -0.39 is 0 Å². The van der Waals surface area contributed by atoms with Crippen molar-refractivity contribution in [3.8, 4) is 0 Å². The van der Waals surface area contributed by atoms with E-state index in [0.717, 1.165) is 0 Å². The average molecular weight is 183 g/mol. The number of carbonyl (C=O) groups is 1. The molecule has 0 atom stereocenters. The SMILES string of the molecule is O=COCCCc1ncccc1F. The fourth-order valence-electron chi connectivity index (χ4n) is 0.973. The molecule has 0 radical (unpaired) electrons. The van der Waals surface area contributed by atoms with E-state index in [0.29, 0.717) is 31.6 Å². The predicted octanol–water partition coefficient (Wildman–Crippen LogP) is 1.33. The van der Waals surface area contributed by atoms with Gasteiger partial charge in [0, 0.05) is 6.20 Å². The van der Waals surface area contributed by atoms with Gasteiger partial charge in [-0.2, -0.15) is 0 Å². The number of carbonyl (C=O) groups excluding carboxylic acids is 1. The molecule has 0 unspecified atom stereocenters. The monoisotopic (exact) mass is 183 g/mol. The lowest BCUT2D eigenvalue weighted by atomic mass is 10.2. The Hall–Kier alpha value is -1.45. The van der Waals surface area contributed by atoms with E-state index >= 15 is 0 Å². The number of hydrogen-bond acceptors (Lipinski definition) is 3. The number of ether oxygens (including phenoxy) is 1. The summed E-state index contributed by atoms with van der Waals surface area (Å²) in [5.41, 5.74) is 0.414. The maximum absolute atomic E-state index is 12.9. The smallest absolute Gasteiger partial charge is 0.293 e. The van der Waals surface area contributed by atoms with Crippen LogP contribution in [0.1, 0.15) is 12.1 Å². The van der Waals surface area contributed by atoms with Crippen LogP contribution < -0.4 is 0 Å². The summed E-state index contributed by atoms with van der Waals surface area (Å²) in [5.74, 6) is -0.311. The summed E-state index contributed by atoms with van der Waals surface area (Å²) in [5, 5.41) is 0. The molecule has 0 bridgehead atoms. The van der Waals surface area contributed by atoms with Crippen LogP contribution in [-0.4, -0.2) is 18.1 Å². The topological polar surface area (TPSA) is 39.2 Å². The Kier molecular flexibility index (Phi) is 3.88. The second-order valence-electron chi connectivity index (χ2n) is 2.50. The molecule has 0 amide bonds. The fourth-order valence-corrected chi connectivity index (χ4v) is 0.973. The first-order valence-electron chi connectivity index (χ1n) is 3.99. The van der Waals surface area contributed by atoms with Crippen LogP contribution >= 0.6 is 0 Å². The number of aromatic nitrogens is 1. The summed E-state index contributed by atoms with van der Waals surface area (Å²) in [6.45, 7) is 0.689. The van der Waals surface area contributed by atoms with Gasteiger partial charge in [-0.3, -0.25) is 9.78 Å². The van der Waals surface area contributed by atoms with E-state index in [9.17, 15) is 9.18 Å². The third-order valence-corrected chi connectivity index (χ3v) is 1.58. The van der Waals surface area contributed by atoms with Crippen LogP contribution in [0.25, 0.3) is 0 Å².